The minimum absolute atomic E-state index is 0.0119. The first kappa shape index (κ1) is 23.4. The van der Waals surface area contributed by atoms with Crippen molar-refractivity contribution in [2.24, 2.45) is 0 Å². The number of hydrazine groups is 1. The summed E-state index contributed by atoms with van der Waals surface area (Å²) in [4.78, 5) is 49.4. The Morgan fingerprint density at radius 3 is 2.30 bits per heavy atom. The molecule has 30 heavy (non-hydrogen) atoms. The van der Waals surface area contributed by atoms with E-state index in [1.807, 2.05) is 12.1 Å². The molecule has 3 N–H and O–H groups in total. The van der Waals surface area contributed by atoms with E-state index in [0.29, 0.717) is 18.5 Å². The molecule has 2 rings (SSSR count). The van der Waals surface area contributed by atoms with Crippen LogP contribution >= 0.6 is 0 Å². The summed E-state index contributed by atoms with van der Waals surface area (Å²) in [7, 11) is 0. The van der Waals surface area contributed by atoms with Crippen molar-refractivity contribution in [3.05, 3.63) is 35.4 Å². The summed E-state index contributed by atoms with van der Waals surface area (Å²) in [5, 5.41) is 2.69. The lowest BCUT2D eigenvalue weighted by Gasteiger charge is -2.19. The molecule has 8 heteroatoms. The Bertz CT molecular complexity index is 768. The van der Waals surface area contributed by atoms with E-state index in [1.165, 1.54) is 4.90 Å². The van der Waals surface area contributed by atoms with Gasteiger partial charge in [0.2, 0.25) is 11.8 Å². The van der Waals surface area contributed by atoms with E-state index < -0.39 is 11.8 Å². The van der Waals surface area contributed by atoms with Gasteiger partial charge in [0.1, 0.15) is 6.54 Å². The Kier molecular flexibility index (Phi) is 8.38. The number of hydrogen-bond acceptors (Lipinski definition) is 4. The molecule has 1 aliphatic rings. The molecule has 1 fully saturated rings. The highest BCUT2D eigenvalue weighted by Crippen LogP contribution is 2.22. The zero-order valence-electron chi connectivity index (χ0n) is 18.0. The quantitative estimate of drug-likeness (QED) is 0.613. The molecule has 1 aliphatic heterocycles. The molecule has 0 unspecified atom stereocenters. The van der Waals surface area contributed by atoms with E-state index in [0.717, 1.165) is 24.8 Å². The highest BCUT2D eigenvalue weighted by atomic mass is 16.2. The fourth-order valence-electron chi connectivity index (χ4n) is 3.13. The third-order valence-corrected chi connectivity index (χ3v) is 5.00. The average molecular weight is 417 g/mol. The molecule has 0 spiro atoms. The minimum Gasteiger partial charge on any atom is -0.352 e. The van der Waals surface area contributed by atoms with Gasteiger partial charge >= 0.3 is 0 Å². The van der Waals surface area contributed by atoms with Gasteiger partial charge in [0.15, 0.2) is 0 Å². The molecular formula is C22H32N4O4. The number of likely N-dealkylation sites (tertiary alicyclic amines) is 1. The molecule has 0 radical (unpaired) electrons. The molecule has 1 aromatic carbocycles. The van der Waals surface area contributed by atoms with Gasteiger partial charge in [-0.2, -0.15) is 0 Å². The summed E-state index contributed by atoms with van der Waals surface area (Å²) >= 11 is 0. The first-order chi connectivity index (χ1) is 14.2. The van der Waals surface area contributed by atoms with Gasteiger partial charge < -0.3 is 10.2 Å². The van der Waals surface area contributed by atoms with E-state index in [4.69, 9.17) is 0 Å². The normalized spacial score (nSPS) is 14.6. The second kappa shape index (κ2) is 10.8. The molecule has 0 aliphatic carbocycles. The molecule has 0 bridgehead atoms. The lowest BCUT2D eigenvalue weighted by atomic mass is 9.87. The van der Waals surface area contributed by atoms with Gasteiger partial charge in [-0.3, -0.25) is 30.0 Å². The fourth-order valence-corrected chi connectivity index (χ4v) is 3.13. The van der Waals surface area contributed by atoms with Crippen LogP contribution in [-0.2, 0) is 19.8 Å². The van der Waals surface area contributed by atoms with Gasteiger partial charge in [0, 0.05) is 31.5 Å². The molecule has 1 aromatic rings. The van der Waals surface area contributed by atoms with E-state index in [1.54, 1.807) is 12.1 Å². The number of hydrogen-bond donors (Lipinski definition) is 3. The lowest BCUT2D eigenvalue weighted by Crippen LogP contribution is -2.48. The molecule has 0 atom stereocenters. The van der Waals surface area contributed by atoms with Crippen LogP contribution in [-0.4, -0.2) is 48.2 Å². The Labute approximate surface area is 177 Å². The summed E-state index contributed by atoms with van der Waals surface area (Å²) in [5.74, 6) is -1.16. The van der Waals surface area contributed by atoms with Gasteiger partial charge in [0.25, 0.3) is 11.8 Å². The predicted molar refractivity (Wildman–Crippen MR) is 113 cm³/mol. The Morgan fingerprint density at radius 2 is 1.63 bits per heavy atom. The van der Waals surface area contributed by atoms with Crippen LogP contribution in [0, 0.1) is 0 Å². The first-order valence-corrected chi connectivity index (χ1v) is 10.4. The van der Waals surface area contributed by atoms with Crippen molar-refractivity contribution in [3.8, 4) is 0 Å². The summed E-state index contributed by atoms with van der Waals surface area (Å²) in [6.45, 7) is 6.94. The highest BCUT2D eigenvalue weighted by Gasteiger charge is 2.19. The molecular weight excluding hydrogens is 384 g/mol. The number of amides is 4. The van der Waals surface area contributed by atoms with Crippen molar-refractivity contribution < 1.29 is 19.2 Å². The van der Waals surface area contributed by atoms with Crippen molar-refractivity contribution in [3.63, 3.8) is 0 Å². The number of nitrogens with zero attached hydrogens (tertiary/aromatic N) is 1. The molecule has 4 amide bonds. The van der Waals surface area contributed by atoms with Crippen molar-refractivity contribution in [2.75, 3.05) is 19.6 Å². The van der Waals surface area contributed by atoms with E-state index in [-0.39, 0.29) is 36.7 Å². The van der Waals surface area contributed by atoms with Crippen LogP contribution in [0.25, 0.3) is 0 Å². The third-order valence-electron chi connectivity index (χ3n) is 5.00. The maximum atomic E-state index is 12.2. The van der Waals surface area contributed by atoms with Crippen molar-refractivity contribution >= 4 is 23.6 Å². The molecule has 0 saturated carbocycles. The smallest absolute Gasteiger partial charge is 0.257 e. The second-order valence-electron chi connectivity index (χ2n) is 8.56. The topological polar surface area (TPSA) is 108 Å². The molecule has 1 saturated heterocycles. The Balaban J connectivity index is 1.67. The van der Waals surface area contributed by atoms with Crippen molar-refractivity contribution in [1.29, 1.82) is 0 Å². The van der Waals surface area contributed by atoms with Crippen LogP contribution in [0.2, 0.25) is 0 Å². The van der Waals surface area contributed by atoms with Gasteiger partial charge in [-0.25, -0.2) is 0 Å². The SMILES string of the molecule is CC(C)(C)c1ccc(C(=O)NCCC(=O)NNC(=O)CN2CCCCCC2=O)cc1. The van der Waals surface area contributed by atoms with Crippen LogP contribution in [0.15, 0.2) is 24.3 Å². The maximum Gasteiger partial charge on any atom is 0.257 e. The monoisotopic (exact) mass is 416 g/mol. The van der Waals surface area contributed by atoms with E-state index in [2.05, 4.69) is 36.9 Å². The second-order valence-corrected chi connectivity index (χ2v) is 8.56. The highest BCUT2D eigenvalue weighted by molar-refractivity contribution is 5.94. The predicted octanol–water partition coefficient (Wildman–Crippen LogP) is 1.65. The maximum absolute atomic E-state index is 12.2. The van der Waals surface area contributed by atoms with Gasteiger partial charge in [-0.15, -0.1) is 0 Å². The van der Waals surface area contributed by atoms with E-state index >= 15 is 0 Å². The number of carbonyl (C=O) groups is 4. The Morgan fingerprint density at radius 1 is 0.967 bits per heavy atom. The van der Waals surface area contributed by atoms with Crippen LogP contribution in [0.3, 0.4) is 0 Å². The third kappa shape index (κ3) is 7.50. The fraction of sp³-hybridized carbons (Fsp3) is 0.545. The van der Waals surface area contributed by atoms with Crippen molar-refractivity contribution in [1.82, 2.24) is 21.1 Å². The lowest BCUT2D eigenvalue weighted by molar-refractivity contribution is -0.136. The zero-order valence-corrected chi connectivity index (χ0v) is 18.0. The zero-order chi connectivity index (χ0) is 22.1. The van der Waals surface area contributed by atoms with Gasteiger partial charge in [-0.1, -0.05) is 39.3 Å². The largest absolute Gasteiger partial charge is 0.352 e. The molecule has 1 heterocycles. The summed E-state index contributed by atoms with van der Waals surface area (Å²) in [6, 6.07) is 7.37. The van der Waals surface area contributed by atoms with Crippen LogP contribution in [0.5, 0.6) is 0 Å². The summed E-state index contributed by atoms with van der Waals surface area (Å²) in [5.41, 5.74) is 6.30. The van der Waals surface area contributed by atoms with Crippen LogP contribution in [0.4, 0.5) is 0 Å². The number of benzene rings is 1. The van der Waals surface area contributed by atoms with Crippen molar-refractivity contribution in [2.45, 2.75) is 58.3 Å². The number of nitrogens with one attached hydrogen (secondary N) is 3. The average Bonchev–Trinajstić information content (AvgIpc) is 2.90. The summed E-state index contributed by atoms with van der Waals surface area (Å²) < 4.78 is 0. The summed E-state index contributed by atoms with van der Waals surface area (Å²) in [6.07, 6.45) is 3.18. The number of rotatable bonds is 6. The van der Waals surface area contributed by atoms with Gasteiger partial charge in [0.05, 0.1) is 0 Å². The molecule has 0 aromatic heterocycles. The molecule has 8 nitrogen and oxygen atoms in total. The number of carbonyl (C=O) groups excluding carboxylic acids is 4. The van der Waals surface area contributed by atoms with Gasteiger partial charge in [-0.05, 0) is 36.0 Å². The molecule has 164 valence electrons. The Hall–Kier alpha value is -2.90. The van der Waals surface area contributed by atoms with Crippen LogP contribution in [0.1, 0.15) is 68.8 Å². The standard InChI is InChI=1S/C22H32N4O4/c1-22(2,3)17-10-8-16(9-11-17)21(30)23-13-12-18(27)24-25-19(28)15-26-14-6-4-5-7-20(26)29/h8-11H,4-7,12-15H2,1-3H3,(H,23,30)(H,24,27)(H,25,28). The van der Waals surface area contributed by atoms with E-state index in [9.17, 15) is 19.2 Å². The van der Waals surface area contributed by atoms with Crippen LogP contribution < -0.4 is 16.2 Å². The first-order valence-electron chi connectivity index (χ1n) is 10.4. The minimum atomic E-state index is -0.443.